The monoisotopic (exact) mass is 374 g/mol. The molecule has 0 spiro atoms. The van der Waals surface area contributed by atoms with Crippen LogP contribution in [0.25, 0.3) is 0 Å². The lowest BCUT2D eigenvalue weighted by molar-refractivity contribution is -0.0855. The molecule has 0 atom stereocenters. The minimum Gasteiger partial charge on any atom is -0.493 e. The average Bonchev–Trinajstić information content (AvgIpc) is 2.50. The lowest BCUT2D eigenvalue weighted by Crippen LogP contribution is -2.37. The highest BCUT2D eigenvalue weighted by atomic mass is 35.5. The molecule has 0 saturated heterocycles. The molecule has 4 radical (unpaired) electrons. The van der Waals surface area contributed by atoms with Crippen molar-refractivity contribution in [2.75, 3.05) is 6.61 Å². The van der Waals surface area contributed by atoms with Gasteiger partial charge < -0.3 is 13.6 Å². The van der Waals surface area contributed by atoms with E-state index in [1.165, 1.54) is 12.1 Å². The molecule has 0 saturated carbocycles. The summed E-state index contributed by atoms with van der Waals surface area (Å²) in [6, 6.07) is 2.86. The lowest BCUT2D eigenvalue weighted by Gasteiger charge is -2.34. The average molecular weight is 375 g/mol. The van der Waals surface area contributed by atoms with Gasteiger partial charge in [-0.1, -0.05) is 25.4 Å². The first-order valence-corrected chi connectivity index (χ1v) is 10.3. The van der Waals surface area contributed by atoms with E-state index in [9.17, 15) is 9.18 Å². The quantitative estimate of drug-likeness (QED) is 0.355. The normalized spacial score (nSPS) is 11.8. The summed E-state index contributed by atoms with van der Waals surface area (Å²) in [6.07, 6.45) is 0.702. The van der Waals surface area contributed by atoms with Gasteiger partial charge >= 0.3 is 0 Å². The Bertz CT molecular complexity index is 522. The van der Waals surface area contributed by atoms with Crippen molar-refractivity contribution in [1.29, 1.82) is 0 Å². The van der Waals surface area contributed by atoms with E-state index < -0.39 is 5.82 Å². The molecule has 1 aromatic rings. The molecule has 0 aromatic heterocycles. The van der Waals surface area contributed by atoms with Crippen LogP contribution in [0.5, 0.6) is 5.75 Å². The van der Waals surface area contributed by atoms with Gasteiger partial charge in [0.05, 0.1) is 17.2 Å². The maximum Gasteiger partial charge on any atom is 0.229 e. The molecule has 8 heteroatoms. The second-order valence-corrected chi connectivity index (χ2v) is 7.15. The zero-order valence-corrected chi connectivity index (χ0v) is 16.4. The van der Waals surface area contributed by atoms with Crippen molar-refractivity contribution in [3.05, 3.63) is 28.5 Å². The fourth-order valence-corrected chi connectivity index (χ4v) is 3.31. The SMILES string of the molecule is C[Si]OC(O[Si]C)C(C)(C)CCOc1ccc(Cl)c(F)c1C=O. The molecular formula is C15H20ClFO4Si2. The molecule has 126 valence electrons. The summed E-state index contributed by atoms with van der Waals surface area (Å²) in [6.45, 7) is 8.22. The van der Waals surface area contributed by atoms with Crippen LogP contribution in [-0.2, 0) is 8.85 Å². The Hall–Kier alpha value is -0.736. The fourth-order valence-electron chi connectivity index (χ4n) is 1.88. The molecule has 0 amide bonds. The first-order chi connectivity index (χ1) is 10.9. The summed E-state index contributed by atoms with van der Waals surface area (Å²) in [5, 5.41) is -0.102. The van der Waals surface area contributed by atoms with Gasteiger partial charge in [-0.15, -0.1) is 0 Å². The number of ether oxygens (including phenoxy) is 1. The Balaban J connectivity index is 2.72. The predicted molar refractivity (Wildman–Crippen MR) is 89.9 cm³/mol. The van der Waals surface area contributed by atoms with Gasteiger partial charge in [0.15, 0.2) is 12.1 Å². The molecule has 0 bridgehead atoms. The Kier molecular flexibility index (Phi) is 8.42. The summed E-state index contributed by atoms with van der Waals surface area (Å²) in [5.41, 5.74) is -0.442. The highest BCUT2D eigenvalue weighted by Gasteiger charge is 2.30. The second kappa shape index (κ2) is 9.53. The number of benzene rings is 1. The molecule has 23 heavy (non-hydrogen) atoms. The van der Waals surface area contributed by atoms with E-state index in [0.717, 1.165) is 0 Å². The largest absolute Gasteiger partial charge is 0.493 e. The molecule has 0 heterocycles. The van der Waals surface area contributed by atoms with E-state index >= 15 is 0 Å². The predicted octanol–water partition coefficient (Wildman–Crippen LogP) is 3.78. The van der Waals surface area contributed by atoms with E-state index in [1.54, 1.807) is 0 Å². The van der Waals surface area contributed by atoms with Crippen LogP contribution in [0.2, 0.25) is 18.1 Å². The minimum absolute atomic E-state index is 0.102. The van der Waals surface area contributed by atoms with Crippen molar-refractivity contribution in [3.63, 3.8) is 0 Å². The van der Waals surface area contributed by atoms with Gasteiger partial charge in [-0.3, -0.25) is 4.79 Å². The van der Waals surface area contributed by atoms with Crippen LogP contribution >= 0.6 is 11.6 Å². The Morgan fingerprint density at radius 3 is 2.43 bits per heavy atom. The fraction of sp³-hybridized carbons (Fsp3) is 0.533. The van der Waals surface area contributed by atoms with Crippen molar-refractivity contribution in [2.24, 2.45) is 5.41 Å². The van der Waals surface area contributed by atoms with Crippen LogP contribution in [-0.4, -0.2) is 38.7 Å². The number of hydrogen-bond acceptors (Lipinski definition) is 4. The van der Waals surface area contributed by atoms with Crippen molar-refractivity contribution in [1.82, 2.24) is 0 Å². The molecule has 1 aromatic carbocycles. The summed E-state index contributed by atoms with van der Waals surface area (Å²) in [4.78, 5) is 11.0. The molecular weight excluding hydrogens is 355 g/mol. The highest BCUT2D eigenvalue weighted by Crippen LogP contribution is 2.30. The van der Waals surface area contributed by atoms with Gasteiger partial charge in [-0.05, 0) is 31.6 Å². The molecule has 0 N–H and O–H groups in total. The zero-order valence-electron chi connectivity index (χ0n) is 13.6. The minimum atomic E-state index is -0.762. The third kappa shape index (κ3) is 5.68. The maximum atomic E-state index is 13.8. The summed E-state index contributed by atoms with van der Waals surface area (Å²) in [7, 11) is 0.644. The van der Waals surface area contributed by atoms with Crippen LogP contribution in [0.1, 0.15) is 30.6 Å². The standard InChI is InChI=1S/C15H20ClFO4Si2/c1-15(2,14(20-22-3)21-23-4)7-8-19-12-6-5-11(16)13(17)10(12)9-18/h5-6,9,14H,7-8H2,1-4H3. The number of hydrogen-bond donors (Lipinski definition) is 0. The van der Waals surface area contributed by atoms with E-state index in [-0.39, 0.29) is 28.0 Å². The Labute approximate surface area is 146 Å². The van der Waals surface area contributed by atoms with E-state index in [4.69, 9.17) is 25.2 Å². The zero-order chi connectivity index (χ0) is 17.5. The van der Waals surface area contributed by atoms with Crippen LogP contribution in [0.3, 0.4) is 0 Å². The molecule has 0 aliphatic rings. The van der Waals surface area contributed by atoms with Gasteiger partial charge in [0.1, 0.15) is 12.0 Å². The lowest BCUT2D eigenvalue weighted by atomic mass is 9.89. The first-order valence-electron chi connectivity index (χ1n) is 7.08. The van der Waals surface area contributed by atoms with Crippen molar-refractivity contribution in [3.8, 4) is 5.75 Å². The first kappa shape index (κ1) is 20.3. The highest BCUT2D eigenvalue weighted by molar-refractivity contribution is 6.31. The summed E-state index contributed by atoms with van der Waals surface area (Å²) < 4.78 is 30.6. The van der Waals surface area contributed by atoms with E-state index in [2.05, 4.69) is 0 Å². The van der Waals surface area contributed by atoms with Crippen LogP contribution < -0.4 is 4.74 Å². The topological polar surface area (TPSA) is 44.8 Å². The van der Waals surface area contributed by atoms with Crippen LogP contribution in [0.4, 0.5) is 4.39 Å². The molecule has 4 nitrogen and oxygen atoms in total. The van der Waals surface area contributed by atoms with Gasteiger partial charge in [0.2, 0.25) is 19.5 Å². The van der Waals surface area contributed by atoms with Crippen molar-refractivity contribution in [2.45, 2.75) is 39.7 Å². The molecule has 0 fully saturated rings. The third-order valence-corrected chi connectivity index (χ3v) is 4.49. The van der Waals surface area contributed by atoms with E-state index in [0.29, 0.717) is 38.8 Å². The van der Waals surface area contributed by atoms with Crippen molar-refractivity contribution >= 4 is 37.4 Å². The smallest absolute Gasteiger partial charge is 0.229 e. The summed E-state index contributed by atoms with van der Waals surface area (Å²) >= 11 is 5.66. The van der Waals surface area contributed by atoms with Gasteiger partial charge in [-0.2, -0.15) is 0 Å². The second-order valence-electron chi connectivity index (χ2n) is 5.45. The van der Waals surface area contributed by atoms with Gasteiger partial charge in [0, 0.05) is 5.41 Å². The molecule has 0 unspecified atom stereocenters. The number of halogens is 2. The number of carbonyl (C=O) groups excluding carboxylic acids is 1. The van der Waals surface area contributed by atoms with Gasteiger partial charge in [0.25, 0.3) is 0 Å². The molecule has 1 rings (SSSR count). The number of aldehydes is 1. The van der Waals surface area contributed by atoms with E-state index in [1.807, 2.05) is 26.9 Å². The Morgan fingerprint density at radius 1 is 1.30 bits per heavy atom. The number of carbonyl (C=O) groups is 1. The third-order valence-electron chi connectivity index (χ3n) is 3.30. The summed E-state index contributed by atoms with van der Waals surface area (Å²) in [5.74, 6) is -0.576. The number of rotatable bonds is 10. The maximum absolute atomic E-state index is 13.8. The molecule has 0 aliphatic heterocycles. The van der Waals surface area contributed by atoms with Crippen LogP contribution in [0.15, 0.2) is 12.1 Å². The van der Waals surface area contributed by atoms with Gasteiger partial charge in [-0.25, -0.2) is 4.39 Å². The Morgan fingerprint density at radius 2 is 1.91 bits per heavy atom. The van der Waals surface area contributed by atoms with Crippen LogP contribution in [0, 0.1) is 11.2 Å². The molecule has 0 aliphatic carbocycles. The van der Waals surface area contributed by atoms with Crippen molar-refractivity contribution < 1.29 is 22.8 Å².